The van der Waals surface area contributed by atoms with Gasteiger partial charge in [0.15, 0.2) is 0 Å². The van der Waals surface area contributed by atoms with Crippen molar-refractivity contribution in [3.63, 3.8) is 0 Å². The number of nitrogens with one attached hydrogen (secondary N) is 1. The molecule has 0 aliphatic rings. The van der Waals surface area contributed by atoms with Crippen LogP contribution in [0.5, 0.6) is 0 Å². The first-order chi connectivity index (χ1) is 9.47. The van der Waals surface area contributed by atoms with E-state index in [1.807, 2.05) is 0 Å². The zero-order chi connectivity index (χ0) is 14.7. The highest BCUT2D eigenvalue weighted by atomic mass is 79.9. The second kappa shape index (κ2) is 6.00. The van der Waals surface area contributed by atoms with Crippen molar-refractivity contribution >= 4 is 27.5 Å². The topological polar surface area (TPSA) is 55.1 Å². The largest absolute Gasteiger partial charge is 0.378 e. The lowest BCUT2D eigenvalue weighted by Gasteiger charge is -2.10. The summed E-state index contributed by atoms with van der Waals surface area (Å²) >= 11 is 3.09. The van der Waals surface area contributed by atoms with Crippen LogP contribution in [0.25, 0.3) is 0 Å². The summed E-state index contributed by atoms with van der Waals surface area (Å²) in [6.45, 7) is 0.280. The molecular weight excluding hydrogens is 330 g/mol. The minimum atomic E-state index is -0.692. The Labute approximate surface area is 122 Å². The number of nitrogens with two attached hydrogens (primary N) is 1. The van der Waals surface area contributed by atoms with Gasteiger partial charge in [-0.05, 0) is 39.7 Å². The van der Waals surface area contributed by atoms with Gasteiger partial charge in [-0.25, -0.2) is 8.78 Å². The van der Waals surface area contributed by atoms with E-state index in [1.54, 1.807) is 24.3 Å². The molecule has 0 fully saturated rings. The van der Waals surface area contributed by atoms with E-state index in [2.05, 4.69) is 21.2 Å². The van der Waals surface area contributed by atoms with Crippen molar-refractivity contribution in [2.45, 2.75) is 6.54 Å². The van der Waals surface area contributed by atoms with Gasteiger partial charge >= 0.3 is 0 Å². The summed E-state index contributed by atoms with van der Waals surface area (Å²) in [6, 6.07) is 8.64. The van der Waals surface area contributed by atoms with Crippen LogP contribution in [0.4, 0.5) is 14.5 Å². The number of carbonyl (C=O) groups excluding carboxylic acids is 1. The minimum Gasteiger partial charge on any atom is -0.378 e. The molecule has 6 heteroatoms. The molecule has 2 aromatic carbocycles. The van der Waals surface area contributed by atoms with Crippen LogP contribution in [-0.4, -0.2) is 5.91 Å². The molecule has 1 amide bonds. The summed E-state index contributed by atoms with van der Waals surface area (Å²) < 4.78 is 26.9. The second-order valence-corrected chi connectivity index (χ2v) is 5.02. The van der Waals surface area contributed by atoms with Gasteiger partial charge in [-0.3, -0.25) is 4.79 Å². The van der Waals surface area contributed by atoms with Crippen LogP contribution in [-0.2, 0) is 6.54 Å². The predicted molar refractivity (Wildman–Crippen MR) is 76.3 cm³/mol. The average molecular weight is 341 g/mol. The molecule has 0 aliphatic carbocycles. The highest BCUT2D eigenvalue weighted by Gasteiger charge is 2.09. The molecule has 3 nitrogen and oxygen atoms in total. The minimum absolute atomic E-state index is 0.163. The van der Waals surface area contributed by atoms with E-state index in [0.29, 0.717) is 10.0 Å². The summed E-state index contributed by atoms with van der Waals surface area (Å²) in [5, 5.41) is 2.85. The van der Waals surface area contributed by atoms with Crippen LogP contribution in [0.15, 0.2) is 40.9 Å². The van der Waals surface area contributed by atoms with Crippen LogP contribution < -0.4 is 11.1 Å². The molecule has 0 atom stereocenters. The molecule has 0 aromatic heterocycles. The van der Waals surface area contributed by atoms with Crippen molar-refractivity contribution in [2.75, 3.05) is 5.32 Å². The number of hydrogen-bond acceptors (Lipinski definition) is 2. The van der Waals surface area contributed by atoms with Crippen molar-refractivity contribution in [1.29, 1.82) is 0 Å². The fourth-order valence-corrected chi connectivity index (χ4v) is 2.28. The molecule has 3 N–H and O–H groups in total. The maximum Gasteiger partial charge on any atom is 0.248 e. The zero-order valence-corrected chi connectivity index (χ0v) is 11.9. The zero-order valence-electron chi connectivity index (χ0n) is 10.3. The molecule has 0 aliphatic heterocycles. The quantitative estimate of drug-likeness (QED) is 0.895. The van der Waals surface area contributed by atoms with Gasteiger partial charge in [0.25, 0.3) is 0 Å². The number of primary amides is 1. The lowest BCUT2D eigenvalue weighted by molar-refractivity contribution is 0.1000. The van der Waals surface area contributed by atoms with Crippen molar-refractivity contribution < 1.29 is 13.6 Å². The molecule has 104 valence electrons. The number of amides is 1. The number of halogens is 3. The van der Waals surface area contributed by atoms with Gasteiger partial charge in [0.1, 0.15) is 11.6 Å². The average Bonchev–Trinajstić information content (AvgIpc) is 2.37. The molecule has 20 heavy (non-hydrogen) atoms. The van der Waals surface area contributed by atoms with E-state index in [0.717, 1.165) is 11.6 Å². The van der Waals surface area contributed by atoms with E-state index in [1.165, 1.54) is 6.07 Å². The predicted octanol–water partition coefficient (Wildman–Crippen LogP) is 3.44. The number of hydrogen-bond donors (Lipinski definition) is 2. The molecular formula is C14H11BrF2N2O. The number of anilines is 1. The fourth-order valence-electron chi connectivity index (χ4n) is 1.74. The molecule has 0 saturated carbocycles. The normalized spacial score (nSPS) is 10.3. The van der Waals surface area contributed by atoms with Crippen LogP contribution in [0.3, 0.4) is 0 Å². The highest BCUT2D eigenvalue weighted by Crippen LogP contribution is 2.27. The van der Waals surface area contributed by atoms with Gasteiger partial charge in [0.2, 0.25) is 5.91 Å². The van der Waals surface area contributed by atoms with Gasteiger partial charge in [-0.15, -0.1) is 0 Å². The first kappa shape index (κ1) is 14.5. The van der Waals surface area contributed by atoms with Crippen molar-refractivity contribution in [3.8, 4) is 0 Å². The third-order valence-corrected chi connectivity index (χ3v) is 3.31. The Morgan fingerprint density at radius 2 is 2.00 bits per heavy atom. The Bertz CT molecular complexity index is 638. The van der Waals surface area contributed by atoms with Crippen LogP contribution >= 0.6 is 15.9 Å². The Hall–Kier alpha value is -1.95. The molecule has 0 saturated heterocycles. The highest BCUT2D eigenvalue weighted by molar-refractivity contribution is 9.10. The molecule has 0 heterocycles. The molecule has 0 radical (unpaired) electrons. The number of carbonyl (C=O) groups is 1. The van der Waals surface area contributed by atoms with E-state index < -0.39 is 17.5 Å². The lowest BCUT2D eigenvalue weighted by Crippen LogP contribution is -2.11. The summed E-state index contributed by atoms with van der Waals surface area (Å²) in [5.41, 5.74) is 6.49. The first-order valence-corrected chi connectivity index (χ1v) is 6.54. The van der Waals surface area contributed by atoms with E-state index in [9.17, 15) is 13.6 Å². The van der Waals surface area contributed by atoms with Crippen molar-refractivity contribution in [1.82, 2.24) is 0 Å². The van der Waals surface area contributed by atoms with Gasteiger partial charge < -0.3 is 11.1 Å². The lowest BCUT2D eigenvalue weighted by atomic mass is 10.1. The number of rotatable bonds is 4. The van der Waals surface area contributed by atoms with E-state index in [4.69, 9.17) is 5.73 Å². The fraction of sp³-hybridized carbons (Fsp3) is 0.0714. The Balaban J connectivity index is 2.17. The maximum absolute atomic E-state index is 13.6. The van der Waals surface area contributed by atoms with E-state index >= 15 is 0 Å². The van der Waals surface area contributed by atoms with Gasteiger partial charge in [-0.1, -0.05) is 12.1 Å². The number of benzene rings is 2. The van der Waals surface area contributed by atoms with Crippen molar-refractivity contribution in [3.05, 3.63) is 63.6 Å². The molecule has 0 spiro atoms. The summed E-state index contributed by atoms with van der Waals surface area (Å²) in [6.07, 6.45) is 0. The monoisotopic (exact) mass is 340 g/mol. The molecule has 0 unspecified atom stereocenters. The van der Waals surface area contributed by atoms with Crippen LogP contribution in [0.2, 0.25) is 0 Å². The van der Waals surface area contributed by atoms with Gasteiger partial charge in [-0.2, -0.15) is 0 Å². The van der Waals surface area contributed by atoms with Gasteiger partial charge in [0, 0.05) is 22.6 Å². The van der Waals surface area contributed by atoms with Gasteiger partial charge in [0.05, 0.1) is 5.69 Å². The SMILES string of the molecule is NC(=O)c1cccc(CNc2c(F)cc(F)cc2Br)c1. The second-order valence-electron chi connectivity index (χ2n) is 4.16. The third kappa shape index (κ3) is 3.33. The molecule has 0 bridgehead atoms. The third-order valence-electron chi connectivity index (χ3n) is 2.69. The van der Waals surface area contributed by atoms with Crippen LogP contribution in [0.1, 0.15) is 15.9 Å². The summed E-state index contributed by atoms with van der Waals surface area (Å²) in [4.78, 5) is 11.1. The standard InChI is InChI=1S/C14H11BrF2N2O/c15-11-5-10(16)6-12(17)13(11)19-7-8-2-1-3-9(4-8)14(18)20/h1-6,19H,7H2,(H2,18,20). The van der Waals surface area contributed by atoms with E-state index in [-0.39, 0.29) is 12.2 Å². The first-order valence-electron chi connectivity index (χ1n) is 5.74. The molecule has 2 rings (SSSR count). The Morgan fingerprint density at radius 3 is 2.65 bits per heavy atom. The Kier molecular flexibility index (Phi) is 4.34. The van der Waals surface area contributed by atoms with Crippen molar-refractivity contribution in [2.24, 2.45) is 5.73 Å². The maximum atomic E-state index is 13.6. The Morgan fingerprint density at radius 1 is 1.25 bits per heavy atom. The molecule has 2 aromatic rings. The summed E-state index contributed by atoms with van der Waals surface area (Å²) in [5.74, 6) is -1.88. The smallest absolute Gasteiger partial charge is 0.248 e. The van der Waals surface area contributed by atoms with Crippen LogP contribution in [0, 0.1) is 11.6 Å². The summed E-state index contributed by atoms with van der Waals surface area (Å²) in [7, 11) is 0.